The molecule has 12 unspecified atom stereocenters. The van der Waals surface area contributed by atoms with Crippen molar-refractivity contribution in [2.24, 2.45) is 39.9 Å². The molecule has 0 radical (unpaired) electrons. The van der Waals surface area contributed by atoms with Crippen LogP contribution in [0.4, 0.5) is 0 Å². The van der Waals surface area contributed by atoms with E-state index in [1.807, 2.05) is 19.9 Å². The van der Waals surface area contributed by atoms with Gasteiger partial charge in [0.15, 0.2) is 11.9 Å². The smallest absolute Gasteiger partial charge is 0.339 e. The van der Waals surface area contributed by atoms with Crippen molar-refractivity contribution in [2.75, 3.05) is 26.4 Å². The molecular weight excluding hydrogens is 680 g/mol. The molecule has 2 spiro atoms. The topological polar surface area (TPSA) is 169 Å². The zero-order chi connectivity index (χ0) is 37.0. The Morgan fingerprint density at radius 3 is 2.58 bits per heavy atom. The maximum absolute atomic E-state index is 15.1. The molecule has 12 heteroatoms. The van der Waals surface area contributed by atoms with Crippen LogP contribution in [-0.4, -0.2) is 89.9 Å². The van der Waals surface area contributed by atoms with Gasteiger partial charge in [0, 0.05) is 54.1 Å². The monoisotopic (exact) mass is 738 g/mol. The van der Waals surface area contributed by atoms with Crippen LogP contribution in [0.15, 0.2) is 16.7 Å². The van der Waals surface area contributed by atoms with Crippen molar-refractivity contribution in [2.45, 2.75) is 146 Å². The van der Waals surface area contributed by atoms with E-state index in [-0.39, 0.29) is 49.1 Å². The number of fused-ring (bicyclic) bond motifs is 1. The molecule has 0 bridgehead atoms. The molecule has 12 atom stereocenters. The van der Waals surface area contributed by atoms with Crippen LogP contribution >= 0.6 is 0 Å². The predicted octanol–water partition coefficient (Wildman–Crippen LogP) is 3.90. The Morgan fingerprint density at radius 2 is 1.83 bits per heavy atom. The minimum Gasteiger partial charge on any atom is -0.469 e. The highest BCUT2D eigenvalue weighted by Gasteiger charge is 2.92. The summed E-state index contributed by atoms with van der Waals surface area (Å²) in [6.45, 7) is 7.85. The molecule has 1 aromatic rings. The Kier molecular flexibility index (Phi) is 8.80. The van der Waals surface area contributed by atoms with Crippen LogP contribution < -0.4 is 10.6 Å². The highest BCUT2D eigenvalue weighted by atomic mass is 16.7. The van der Waals surface area contributed by atoms with Crippen molar-refractivity contribution in [1.82, 2.24) is 10.6 Å². The van der Waals surface area contributed by atoms with Crippen molar-refractivity contribution in [3.05, 3.63) is 23.7 Å². The lowest BCUT2D eigenvalue weighted by atomic mass is 9.33. The summed E-state index contributed by atoms with van der Waals surface area (Å²) in [5.41, 5.74) is -4.11. The SMILES string of the molecule is CC1(C)OC2CC(=O)OCC23C1C(=O)C(O)C1(C2CCCCC2)C3CCC2(C)C(c3ccoc3CC(CO)CCCCC3CNCN3)OC(=O)C3OC321. The number of aliphatic hydroxyl groups is 2. The zero-order valence-electron chi connectivity index (χ0n) is 31.5. The van der Waals surface area contributed by atoms with Crippen LogP contribution in [0.3, 0.4) is 0 Å². The second kappa shape index (κ2) is 12.8. The van der Waals surface area contributed by atoms with E-state index < -0.39 is 63.8 Å². The summed E-state index contributed by atoms with van der Waals surface area (Å²) >= 11 is 0. The molecule has 0 amide bonds. The van der Waals surface area contributed by atoms with Gasteiger partial charge in [-0.2, -0.15) is 0 Å². The van der Waals surface area contributed by atoms with Gasteiger partial charge in [-0.3, -0.25) is 9.59 Å². The summed E-state index contributed by atoms with van der Waals surface area (Å²) in [5.74, 6) is -1.47. The summed E-state index contributed by atoms with van der Waals surface area (Å²) in [5, 5.41) is 30.2. The molecule has 3 aliphatic carbocycles. The fraction of sp³-hybridized carbons (Fsp3) is 0.829. The maximum atomic E-state index is 15.1. The van der Waals surface area contributed by atoms with Gasteiger partial charge in [0.1, 0.15) is 30.2 Å². The lowest BCUT2D eigenvalue weighted by Gasteiger charge is -2.70. The molecule has 8 aliphatic rings. The summed E-state index contributed by atoms with van der Waals surface area (Å²) < 4.78 is 32.1. The Morgan fingerprint density at radius 1 is 1.02 bits per heavy atom. The first kappa shape index (κ1) is 36.3. The van der Waals surface area contributed by atoms with Crippen LogP contribution in [0, 0.1) is 39.9 Å². The summed E-state index contributed by atoms with van der Waals surface area (Å²) in [7, 11) is 0. The van der Waals surface area contributed by atoms with Crippen molar-refractivity contribution < 1.29 is 48.0 Å². The first-order chi connectivity index (χ1) is 25.5. The van der Waals surface area contributed by atoms with E-state index in [2.05, 4.69) is 17.6 Å². The highest BCUT2D eigenvalue weighted by Crippen LogP contribution is 2.82. The van der Waals surface area contributed by atoms with Crippen molar-refractivity contribution >= 4 is 17.7 Å². The number of rotatable bonds is 10. The summed E-state index contributed by atoms with van der Waals surface area (Å²) in [6.07, 6.45) is 8.46. The third-order valence-corrected chi connectivity index (χ3v) is 15.8. The largest absolute Gasteiger partial charge is 0.469 e. The minimum atomic E-state index is -1.39. The lowest BCUT2D eigenvalue weighted by Crippen LogP contribution is -2.79. The number of carbonyl (C=O) groups excluding carboxylic acids is 3. The van der Waals surface area contributed by atoms with E-state index in [9.17, 15) is 19.8 Å². The molecular formula is C41H58N2O10. The third kappa shape index (κ3) is 4.90. The molecule has 5 saturated heterocycles. The molecule has 12 nitrogen and oxygen atoms in total. The average Bonchev–Trinajstić information content (AvgIpc) is 3.39. The van der Waals surface area contributed by atoms with Crippen LogP contribution in [0.25, 0.3) is 0 Å². The van der Waals surface area contributed by atoms with E-state index in [0.29, 0.717) is 31.1 Å². The number of cyclic esters (lactones) is 2. The standard InChI is InChI=1S/C41H58N2O10/c1-37(2)32-31(46)33(47)40(24-10-5-4-6-11-24)28(39(32)21-50-30(45)18-29(39)52-37)13-15-38(3)34(51-36(48)35-41(38,40)53-35)26-14-16-49-27(26)17-23(20-44)9-7-8-12-25-19-42-22-43-25/h14,16,23-25,28-29,32-35,42-44,47H,4-13,15,17-22H2,1-3H3. The molecule has 53 heavy (non-hydrogen) atoms. The number of aliphatic hydroxyl groups excluding tert-OH is 2. The van der Waals surface area contributed by atoms with Crippen LogP contribution in [0.5, 0.6) is 0 Å². The first-order valence-electron chi connectivity index (χ1n) is 20.5. The summed E-state index contributed by atoms with van der Waals surface area (Å²) in [6, 6.07) is 2.38. The number of carbonyl (C=O) groups is 3. The Hall–Kier alpha value is -2.35. The molecule has 3 saturated carbocycles. The van der Waals surface area contributed by atoms with Gasteiger partial charge in [-0.25, -0.2) is 4.79 Å². The average molecular weight is 739 g/mol. The van der Waals surface area contributed by atoms with Crippen molar-refractivity contribution in [1.29, 1.82) is 0 Å². The van der Waals surface area contributed by atoms with Crippen LogP contribution in [0.1, 0.15) is 115 Å². The number of epoxide rings is 1. The molecule has 5 aliphatic heterocycles. The number of nitrogens with one attached hydrogen (secondary N) is 2. The Bertz CT molecular complexity index is 1620. The van der Waals surface area contributed by atoms with Gasteiger partial charge in [-0.05, 0) is 76.2 Å². The minimum absolute atomic E-state index is 0.0182. The highest BCUT2D eigenvalue weighted by molar-refractivity contribution is 5.92. The fourth-order valence-corrected chi connectivity index (χ4v) is 13.9. The number of ketones is 1. The maximum Gasteiger partial charge on any atom is 0.339 e. The zero-order valence-corrected chi connectivity index (χ0v) is 31.5. The molecule has 9 rings (SSSR count). The van der Waals surface area contributed by atoms with Gasteiger partial charge in [-0.1, -0.05) is 39.0 Å². The number of ether oxygens (including phenoxy) is 4. The quantitative estimate of drug-likeness (QED) is 0.156. The summed E-state index contributed by atoms with van der Waals surface area (Å²) in [4.78, 5) is 42.2. The molecule has 6 heterocycles. The number of furan rings is 1. The third-order valence-electron chi connectivity index (χ3n) is 15.8. The number of unbranched alkanes of at least 4 members (excludes halogenated alkanes) is 1. The number of hydrogen-bond donors (Lipinski definition) is 4. The second-order valence-corrected chi connectivity index (χ2v) is 18.6. The van der Waals surface area contributed by atoms with Crippen molar-refractivity contribution in [3.8, 4) is 0 Å². The molecule has 292 valence electrons. The first-order valence-corrected chi connectivity index (χ1v) is 20.5. The molecule has 1 aromatic heterocycles. The van der Waals surface area contributed by atoms with Gasteiger partial charge in [-0.15, -0.1) is 0 Å². The van der Waals surface area contributed by atoms with Gasteiger partial charge >= 0.3 is 11.9 Å². The molecule has 0 aromatic carbocycles. The van der Waals surface area contributed by atoms with E-state index in [1.54, 1.807) is 6.26 Å². The van der Waals surface area contributed by atoms with E-state index in [4.69, 9.17) is 23.4 Å². The van der Waals surface area contributed by atoms with E-state index in [0.717, 1.165) is 76.6 Å². The molecule has 8 fully saturated rings. The van der Waals surface area contributed by atoms with Gasteiger partial charge in [0.05, 0.1) is 30.3 Å². The Balaban J connectivity index is 1.10. The van der Waals surface area contributed by atoms with Crippen LogP contribution in [0.2, 0.25) is 0 Å². The lowest BCUT2D eigenvalue weighted by molar-refractivity contribution is -0.275. The van der Waals surface area contributed by atoms with Crippen molar-refractivity contribution in [3.63, 3.8) is 0 Å². The fourth-order valence-electron chi connectivity index (χ4n) is 13.9. The van der Waals surface area contributed by atoms with Crippen LogP contribution in [-0.2, 0) is 39.8 Å². The number of esters is 2. The predicted molar refractivity (Wildman–Crippen MR) is 189 cm³/mol. The van der Waals surface area contributed by atoms with E-state index in [1.165, 1.54) is 0 Å². The Labute approximate surface area is 311 Å². The normalized spacial score (nSPS) is 44.9. The second-order valence-electron chi connectivity index (χ2n) is 18.6. The van der Waals surface area contributed by atoms with Gasteiger partial charge < -0.3 is 44.2 Å². The van der Waals surface area contributed by atoms with Gasteiger partial charge in [0.2, 0.25) is 0 Å². The van der Waals surface area contributed by atoms with E-state index >= 15 is 4.79 Å². The number of hydrogen-bond acceptors (Lipinski definition) is 12. The van der Waals surface area contributed by atoms with Gasteiger partial charge in [0.25, 0.3) is 0 Å². The molecule has 4 N–H and O–H groups in total. The number of Topliss-reactive ketones (excluding diaryl/α,β-unsaturated/α-hetero) is 1.